The third kappa shape index (κ3) is 6.89. The van der Waals surface area contributed by atoms with Gasteiger partial charge in [0.1, 0.15) is 13.1 Å². The van der Waals surface area contributed by atoms with Crippen LogP contribution in [0.4, 0.5) is 11.4 Å². The van der Waals surface area contributed by atoms with Crippen molar-refractivity contribution in [2.24, 2.45) is 0 Å². The lowest BCUT2D eigenvalue weighted by Crippen LogP contribution is -2.31. The Morgan fingerprint density at radius 1 is 0.684 bits per heavy atom. The first-order valence-electron chi connectivity index (χ1n) is 20.9. The highest BCUT2D eigenvalue weighted by atomic mass is 16.3. The summed E-state index contributed by atoms with van der Waals surface area (Å²) >= 11 is 0. The summed E-state index contributed by atoms with van der Waals surface area (Å²) in [5, 5.41) is 29.8. The molecule has 5 aromatic rings. The molecule has 0 radical (unpaired) electrons. The molecule has 0 atom stereocenters. The molecule has 0 unspecified atom stereocenters. The van der Waals surface area contributed by atoms with E-state index in [4.69, 9.17) is 12.3 Å². The Hall–Kier alpha value is -6.11. The van der Waals surface area contributed by atoms with Crippen LogP contribution in [0.1, 0.15) is 107 Å². The molecule has 0 heterocycles. The van der Waals surface area contributed by atoms with Crippen molar-refractivity contribution in [3.63, 3.8) is 0 Å². The van der Waals surface area contributed by atoms with Crippen LogP contribution in [0.5, 0.6) is 0 Å². The standard InChI is InChI=1S/C51H53N5O/c1-6-10-29-55(30-11-7-2)49-37-24-17-14-21-34(37)43(35-22-15-18-25-38(35)49)47-46(42(33-52)54-5)48(51(47)57)45-36-23-16-19-26-39(36)50(40-27-20-28-41(53)44(40)45)56(31-12-8-3)32-13-9-4/h14-28H,6-13,29-32,53H2,1-4H3/b46-42+. The van der Waals surface area contributed by atoms with Gasteiger partial charge in [-0.15, -0.1) is 0 Å². The second-order valence-corrected chi connectivity index (χ2v) is 15.3. The highest BCUT2D eigenvalue weighted by Gasteiger charge is 2.39. The molecular formula is C51H53N5O. The van der Waals surface area contributed by atoms with Gasteiger partial charge in [0.05, 0.1) is 29.5 Å². The maximum absolute atomic E-state index is 15.4. The van der Waals surface area contributed by atoms with E-state index in [0.717, 1.165) is 133 Å². The van der Waals surface area contributed by atoms with E-state index in [1.54, 1.807) is 0 Å². The van der Waals surface area contributed by atoms with Crippen LogP contribution in [0.2, 0.25) is 0 Å². The second kappa shape index (κ2) is 17.4. The number of nitriles is 1. The molecule has 6 heteroatoms. The van der Waals surface area contributed by atoms with Gasteiger partial charge >= 0.3 is 0 Å². The van der Waals surface area contributed by atoms with Gasteiger partial charge < -0.3 is 15.7 Å². The third-order valence-corrected chi connectivity index (χ3v) is 11.6. The maximum Gasteiger partial charge on any atom is 0.270 e. The normalized spacial score (nSPS) is 14.2. The molecule has 5 aromatic carbocycles. The van der Waals surface area contributed by atoms with Crippen molar-refractivity contribution in [1.82, 2.24) is 0 Å². The van der Waals surface area contributed by atoms with Gasteiger partial charge in [0.25, 0.3) is 5.70 Å². The molecule has 0 fully saturated rings. The van der Waals surface area contributed by atoms with E-state index in [9.17, 15) is 5.26 Å². The molecule has 2 N–H and O–H groups in total. The molecule has 0 amide bonds. The van der Waals surface area contributed by atoms with Crippen molar-refractivity contribution in [3.05, 3.63) is 153 Å². The molecule has 0 bridgehead atoms. The number of nitrogen functional groups attached to an aromatic ring is 1. The minimum atomic E-state index is -0.172. The van der Waals surface area contributed by atoms with Gasteiger partial charge in [-0.2, -0.15) is 0 Å². The molecule has 7 rings (SSSR count). The predicted octanol–water partition coefficient (Wildman–Crippen LogP) is 11.0. The Morgan fingerprint density at radius 3 is 1.75 bits per heavy atom. The first kappa shape index (κ1) is 39.1. The summed E-state index contributed by atoms with van der Waals surface area (Å²) in [5.41, 5.74) is 16.5. The number of anilines is 2. The lowest BCUT2D eigenvalue weighted by molar-refractivity contribution is -0.528. The Morgan fingerprint density at radius 2 is 1.21 bits per heavy atom. The van der Waals surface area contributed by atoms with E-state index >= 15 is 5.11 Å². The summed E-state index contributed by atoms with van der Waals surface area (Å²) in [6.07, 6.45) is 8.58. The van der Waals surface area contributed by atoms with E-state index in [0.29, 0.717) is 28.0 Å². The van der Waals surface area contributed by atoms with Crippen molar-refractivity contribution in [2.45, 2.75) is 79.1 Å². The lowest BCUT2D eigenvalue weighted by atomic mass is 9.69. The molecule has 288 valence electrons. The van der Waals surface area contributed by atoms with Crippen molar-refractivity contribution in [1.29, 1.82) is 5.26 Å². The molecule has 6 nitrogen and oxygen atoms in total. The number of hydrogen-bond donors (Lipinski definition) is 1. The monoisotopic (exact) mass is 751 g/mol. The second-order valence-electron chi connectivity index (χ2n) is 15.3. The molecule has 0 aliphatic heterocycles. The first-order chi connectivity index (χ1) is 27.9. The number of nitrogens with two attached hydrogens (primary N) is 1. The quantitative estimate of drug-likeness (QED) is 0.0395. The molecule has 0 saturated heterocycles. The van der Waals surface area contributed by atoms with Crippen molar-refractivity contribution < 1.29 is 9.68 Å². The van der Waals surface area contributed by atoms with E-state index in [1.807, 2.05) is 30.3 Å². The van der Waals surface area contributed by atoms with Crippen LogP contribution in [-0.2, 0) is 0 Å². The van der Waals surface area contributed by atoms with Gasteiger partial charge in [0, 0.05) is 53.4 Å². The van der Waals surface area contributed by atoms with Crippen LogP contribution in [0.25, 0.3) is 37.5 Å². The smallest absolute Gasteiger partial charge is 0.270 e. The summed E-state index contributed by atoms with van der Waals surface area (Å²) < 4.78 is 2.52. The molecule has 0 spiro atoms. The summed E-state index contributed by atoms with van der Waals surface area (Å²) in [6.45, 7) is 20.9. The zero-order valence-corrected chi connectivity index (χ0v) is 33.9. The van der Waals surface area contributed by atoms with Crippen molar-refractivity contribution in [2.75, 3.05) is 36.8 Å². The highest BCUT2D eigenvalue weighted by Crippen LogP contribution is 2.56. The molecule has 2 aliphatic carbocycles. The van der Waals surface area contributed by atoms with Crippen LogP contribution < -0.4 is 15.7 Å². The molecule has 0 aromatic heterocycles. The largest absolute Gasteiger partial charge is 0.872 e. The third-order valence-electron chi connectivity index (χ3n) is 11.6. The average molecular weight is 752 g/mol. The van der Waals surface area contributed by atoms with Gasteiger partial charge in [-0.05, 0) is 69.8 Å². The van der Waals surface area contributed by atoms with Gasteiger partial charge in [-0.1, -0.05) is 132 Å². The molecule has 57 heavy (non-hydrogen) atoms. The summed E-state index contributed by atoms with van der Waals surface area (Å²) in [7, 11) is 0. The van der Waals surface area contributed by atoms with Gasteiger partial charge in [0.15, 0.2) is 0 Å². The SMILES string of the molecule is [C-]#[N+]/C(C#N)=C1\C(=C2c3ccccc3C(=[N+](CCCC)CCCC)c3ccccc32)C([O-])=C1c1c2ccccc2c(N(CCCC)CCCC)c2cccc(N)c12. The number of allylic oxidation sites excluding steroid dienone is 3. The number of rotatable bonds is 14. The summed E-state index contributed by atoms with van der Waals surface area (Å²) in [6, 6.07) is 33.2. The molecule has 2 aliphatic rings. The lowest BCUT2D eigenvalue weighted by Gasteiger charge is -2.41. The van der Waals surface area contributed by atoms with Crippen LogP contribution >= 0.6 is 0 Å². The fourth-order valence-electron chi connectivity index (χ4n) is 8.88. The molecular weight excluding hydrogens is 699 g/mol. The maximum atomic E-state index is 15.4. The molecule has 0 saturated carbocycles. The Kier molecular flexibility index (Phi) is 11.9. The van der Waals surface area contributed by atoms with Gasteiger partial charge in [-0.3, -0.25) is 0 Å². The van der Waals surface area contributed by atoms with Crippen molar-refractivity contribution >= 4 is 49.8 Å². The zero-order valence-electron chi connectivity index (χ0n) is 33.9. The topological polar surface area (TPSA) is 83.5 Å². The average Bonchev–Trinajstić information content (AvgIpc) is 3.24. The fraction of sp³-hybridized carbons (Fsp3) is 0.314. The van der Waals surface area contributed by atoms with Gasteiger partial charge in [-0.25, -0.2) is 14.7 Å². The van der Waals surface area contributed by atoms with E-state index in [1.165, 1.54) is 5.71 Å². The number of hydrogen-bond acceptors (Lipinski definition) is 4. The number of fused-ring (bicyclic) bond motifs is 4. The summed E-state index contributed by atoms with van der Waals surface area (Å²) in [4.78, 5) is 6.30. The van der Waals surface area contributed by atoms with Crippen LogP contribution in [0.15, 0.2) is 114 Å². The number of benzene rings is 5. The zero-order chi connectivity index (χ0) is 40.1. The first-order valence-corrected chi connectivity index (χ1v) is 20.9. The van der Waals surface area contributed by atoms with E-state index in [2.05, 4.69) is 109 Å². The Labute approximate surface area is 338 Å². The fourth-order valence-corrected chi connectivity index (χ4v) is 8.88. The number of nitrogens with zero attached hydrogens (tertiary/aromatic N) is 4. The Bertz CT molecular complexity index is 2490. The van der Waals surface area contributed by atoms with Crippen LogP contribution in [0.3, 0.4) is 0 Å². The van der Waals surface area contributed by atoms with Crippen LogP contribution in [0, 0.1) is 17.9 Å². The van der Waals surface area contributed by atoms with Crippen molar-refractivity contribution in [3.8, 4) is 6.07 Å². The van der Waals surface area contributed by atoms with E-state index in [-0.39, 0.29) is 11.5 Å². The van der Waals surface area contributed by atoms with Crippen LogP contribution in [-0.4, -0.2) is 36.5 Å². The minimum Gasteiger partial charge on any atom is -0.872 e. The Balaban J connectivity index is 1.60. The minimum absolute atomic E-state index is 0.0901. The van der Waals surface area contributed by atoms with E-state index < -0.39 is 0 Å². The highest BCUT2D eigenvalue weighted by molar-refractivity contribution is 6.26. The van der Waals surface area contributed by atoms with Gasteiger partial charge in [0.2, 0.25) is 5.71 Å². The summed E-state index contributed by atoms with van der Waals surface area (Å²) in [5.74, 6) is -0.172. The predicted molar refractivity (Wildman–Crippen MR) is 236 cm³/mol. The number of unbranched alkanes of at least 4 members (excludes halogenated alkanes) is 4.